The van der Waals surface area contributed by atoms with Gasteiger partial charge < -0.3 is 14.3 Å². The Kier molecular flexibility index (Phi) is 4.49. The average Bonchev–Trinajstić information content (AvgIpc) is 2.61. The van der Waals surface area contributed by atoms with Crippen molar-refractivity contribution >= 4 is 0 Å². The molecule has 0 radical (unpaired) electrons. The van der Waals surface area contributed by atoms with Crippen LogP contribution in [0, 0.1) is 0 Å². The van der Waals surface area contributed by atoms with E-state index in [0.717, 1.165) is 5.56 Å². The van der Waals surface area contributed by atoms with Gasteiger partial charge in [-0.05, 0) is 11.6 Å². The quantitative estimate of drug-likeness (QED) is 0.784. The smallest absolute Gasteiger partial charge is 0.227 e. The van der Waals surface area contributed by atoms with E-state index in [2.05, 4.69) is 4.98 Å². The van der Waals surface area contributed by atoms with E-state index >= 15 is 0 Å². The minimum atomic E-state index is -1.12. The molecule has 23 heavy (non-hydrogen) atoms. The largest absolute Gasteiger partial charge is 0.482 e. The van der Waals surface area contributed by atoms with Gasteiger partial charge in [0, 0.05) is 24.0 Å². The number of aliphatic hydroxyl groups is 1. The van der Waals surface area contributed by atoms with Gasteiger partial charge >= 0.3 is 0 Å². The molecule has 5 nitrogen and oxygen atoms in total. The number of benzene rings is 1. The van der Waals surface area contributed by atoms with Crippen molar-refractivity contribution in [3.05, 3.63) is 94.3 Å². The van der Waals surface area contributed by atoms with Gasteiger partial charge in [-0.15, -0.1) is 0 Å². The van der Waals surface area contributed by atoms with Crippen LogP contribution in [0.5, 0.6) is 5.75 Å². The summed E-state index contributed by atoms with van der Waals surface area (Å²) >= 11 is 0. The number of rotatable bonds is 5. The number of ether oxygens (including phenoxy) is 1. The summed E-state index contributed by atoms with van der Waals surface area (Å²) in [6.45, 7) is 0.211. The van der Waals surface area contributed by atoms with Gasteiger partial charge in [-0.3, -0.25) is 9.78 Å². The lowest BCUT2D eigenvalue weighted by Crippen LogP contribution is -2.13. The average molecular weight is 309 g/mol. The number of nitrogens with zero attached hydrogens (tertiary/aromatic N) is 1. The molecule has 0 aliphatic heterocycles. The van der Waals surface area contributed by atoms with Crippen LogP contribution < -0.4 is 10.2 Å². The number of pyridine rings is 1. The fraction of sp³-hybridized carbons (Fsp3) is 0.111. The van der Waals surface area contributed by atoms with Crippen LogP contribution in [0.1, 0.15) is 23.0 Å². The van der Waals surface area contributed by atoms with Crippen molar-refractivity contribution in [1.29, 1.82) is 0 Å². The molecule has 116 valence electrons. The molecule has 0 fully saturated rings. The number of hydrogen-bond acceptors (Lipinski definition) is 5. The minimum Gasteiger partial charge on any atom is -0.482 e. The van der Waals surface area contributed by atoms with Crippen LogP contribution in [0.25, 0.3) is 0 Å². The highest BCUT2D eigenvalue weighted by Gasteiger charge is 2.21. The third-order valence-corrected chi connectivity index (χ3v) is 3.34. The first kappa shape index (κ1) is 15.0. The molecule has 0 saturated heterocycles. The standard InChI is InChI=1S/C18H15NO4/c20-15-8-10-22-18(16(21)14-7-4-9-19-11-14)17(15)23-12-13-5-2-1-3-6-13/h1-11,16,21H,12H2. The van der Waals surface area contributed by atoms with Crippen molar-refractivity contribution in [1.82, 2.24) is 4.98 Å². The minimum absolute atomic E-state index is 0.00714. The van der Waals surface area contributed by atoms with E-state index in [1.54, 1.807) is 18.3 Å². The zero-order valence-electron chi connectivity index (χ0n) is 12.3. The van der Waals surface area contributed by atoms with Gasteiger partial charge in [0.25, 0.3) is 0 Å². The third-order valence-electron chi connectivity index (χ3n) is 3.34. The van der Waals surface area contributed by atoms with Crippen molar-refractivity contribution in [3.8, 4) is 5.75 Å². The Morgan fingerprint density at radius 3 is 2.70 bits per heavy atom. The van der Waals surface area contributed by atoms with Gasteiger partial charge in [0.15, 0.2) is 5.76 Å². The monoisotopic (exact) mass is 309 g/mol. The van der Waals surface area contributed by atoms with E-state index in [1.165, 1.54) is 18.5 Å². The molecule has 3 rings (SSSR count). The summed E-state index contributed by atoms with van der Waals surface area (Å²) < 4.78 is 11.0. The molecule has 5 heteroatoms. The molecule has 3 aromatic rings. The zero-order valence-corrected chi connectivity index (χ0v) is 12.3. The molecular weight excluding hydrogens is 294 g/mol. The molecule has 1 unspecified atom stereocenters. The van der Waals surface area contributed by atoms with Gasteiger partial charge in [0.1, 0.15) is 12.7 Å². The molecule has 2 heterocycles. The fourth-order valence-corrected chi connectivity index (χ4v) is 2.17. The molecule has 0 aliphatic carbocycles. The van der Waals surface area contributed by atoms with Crippen molar-refractivity contribution in [2.45, 2.75) is 12.7 Å². The second-order valence-electron chi connectivity index (χ2n) is 4.94. The normalized spacial score (nSPS) is 11.9. The van der Waals surface area contributed by atoms with Gasteiger partial charge in [-0.2, -0.15) is 0 Å². The highest BCUT2D eigenvalue weighted by molar-refractivity contribution is 5.32. The third kappa shape index (κ3) is 3.46. The van der Waals surface area contributed by atoms with Crippen molar-refractivity contribution in [3.63, 3.8) is 0 Å². The highest BCUT2D eigenvalue weighted by Crippen LogP contribution is 2.27. The van der Waals surface area contributed by atoms with Crippen LogP contribution >= 0.6 is 0 Å². The summed E-state index contributed by atoms with van der Waals surface area (Å²) in [5.74, 6) is 0.0779. The first-order valence-corrected chi connectivity index (χ1v) is 7.12. The van der Waals surface area contributed by atoms with Gasteiger partial charge in [-0.25, -0.2) is 0 Å². The van der Waals surface area contributed by atoms with Crippen LogP contribution in [-0.2, 0) is 6.61 Å². The second kappa shape index (κ2) is 6.89. The highest BCUT2D eigenvalue weighted by atomic mass is 16.5. The Morgan fingerprint density at radius 1 is 1.13 bits per heavy atom. The maximum atomic E-state index is 12.1. The number of hydrogen-bond donors (Lipinski definition) is 1. The predicted molar refractivity (Wildman–Crippen MR) is 84.1 cm³/mol. The summed E-state index contributed by atoms with van der Waals surface area (Å²) in [6, 6.07) is 14.1. The molecule has 1 atom stereocenters. The lowest BCUT2D eigenvalue weighted by atomic mass is 10.1. The van der Waals surface area contributed by atoms with Crippen LogP contribution in [0.4, 0.5) is 0 Å². The van der Waals surface area contributed by atoms with Crippen LogP contribution in [0.2, 0.25) is 0 Å². The van der Waals surface area contributed by atoms with E-state index in [9.17, 15) is 9.90 Å². The maximum Gasteiger partial charge on any atom is 0.227 e. The summed E-state index contributed by atoms with van der Waals surface area (Å²) in [7, 11) is 0. The zero-order chi connectivity index (χ0) is 16.1. The maximum absolute atomic E-state index is 12.1. The number of aliphatic hydroxyl groups excluding tert-OH is 1. The molecule has 0 aliphatic rings. The predicted octanol–water partition coefficient (Wildman–Crippen LogP) is 2.70. The molecule has 0 bridgehead atoms. The summed E-state index contributed by atoms with van der Waals surface area (Å²) in [5.41, 5.74) is 1.09. The van der Waals surface area contributed by atoms with E-state index in [1.807, 2.05) is 30.3 Å². The Bertz CT molecular complexity index is 815. The molecule has 0 amide bonds. The Labute approximate surface area is 132 Å². The van der Waals surface area contributed by atoms with Gasteiger partial charge in [-0.1, -0.05) is 36.4 Å². The van der Waals surface area contributed by atoms with Crippen molar-refractivity contribution in [2.24, 2.45) is 0 Å². The molecule has 2 aromatic heterocycles. The topological polar surface area (TPSA) is 72.6 Å². The fourth-order valence-electron chi connectivity index (χ4n) is 2.17. The molecule has 1 N–H and O–H groups in total. The Morgan fingerprint density at radius 2 is 1.96 bits per heavy atom. The van der Waals surface area contributed by atoms with Crippen LogP contribution in [0.3, 0.4) is 0 Å². The number of aromatic nitrogens is 1. The lowest BCUT2D eigenvalue weighted by Gasteiger charge is -2.14. The second-order valence-corrected chi connectivity index (χ2v) is 4.94. The summed E-state index contributed by atoms with van der Waals surface area (Å²) in [6.07, 6.45) is 3.23. The molecule has 0 spiro atoms. The summed E-state index contributed by atoms with van der Waals surface area (Å²) in [4.78, 5) is 16.0. The van der Waals surface area contributed by atoms with Crippen molar-refractivity contribution < 1.29 is 14.3 Å². The first-order valence-electron chi connectivity index (χ1n) is 7.12. The van der Waals surface area contributed by atoms with E-state index in [0.29, 0.717) is 5.56 Å². The SMILES string of the molecule is O=c1ccoc(C(O)c2cccnc2)c1OCc1ccccc1. The molecular formula is C18H15NO4. The lowest BCUT2D eigenvalue weighted by molar-refractivity contribution is 0.171. The van der Waals surface area contributed by atoms with Gasteiger partial charge in [0.05, 0.1) is 6.26 Å². The Balaban J connectivity index is 1.89. The van der Waals surface area contributed by atoms with Crippen LogP contribution in [-0.4, -0.2) is 10.1 Å². The van der Waals surface area contributed by atoms with E-state index in [4.69, 9.17) is 9.15 Å². The van der Waals surface area contributed by atoms with Gasteiger partial charge in [0.2, 0.25) is 11.2 Å². The van der Waals surface area contributed by atoms with E-state index < -0.39 is 6.10 Å². The van der Waals surface area contributed by atoms with Crippen LogP contribution in [0.15, 0.2) is 76.4 Å². The Hall–Kier alpha value is -2.92. The first-order chi connectivity index (χ1) is 11.3. The summed E-state index contributed by atoms with van der Waals surface area (Å²) in [5, 5.41) is 10.4. The molecule has 1 aromatic carbocycles. The molecule has 0 saturated carbocycles. The van der Waals surface area contributed by atoms with E-state index in [-0.39, 0.29) is 23.5 Å². The van der Waals surface area contributed by atoms with Crippen molar-refractivity contribution in [2.75, 3.05) is 0 Å².